The van der Waals surface area contributed by atoms with E-state index in [-0.39, 0.29) is 0 Å². The van der Waals surface area contributed by atoms with Gasteiger partial charge in [0.15, 0.2) is 0 Å². The quantitative estimate of drug-likeness (QED) is 0.748. The Kier molecular flexibility index (Phi) is 5.71. The first kappa shape index (κ1) is 17.9. The number of rotatable bonds is 7. The van der Waals surface area contributed by atoms with Crippen LogP contribution in [0.5, 0.6) is 0 Å². The van der Waals surface area contributed by atoms with Gasteiger partial charge in [-0.05, 0) is 55.7 Å². The second kappa shape index (κ2) is 7.98. The van der Waals surface area contributed by atoms with Gasteiger partial charge < -0.3 is 0 Å². The fourth-order valence-corrected chi connectivity index (χ4v) is 4.52. The van der Waals surface area contributed by atoms with Gasteiger partial charge in [0.05, 0.1) is 4.90 Å². The number of allylic oxidation sites excluding steroid dienone is 2. The summed E-state index contributed by atoms with van der Waals surface area (Å²) in [7, 11) is -3.45. The molecule has 3 rings (SSSR count). The Morgan fingerprint density at radius 1 is 1.08 bits per heavy atom. The van der Waals surface area contributed by atoms with Crippen LogP contribution in [0.3, 0.4) is 0 Å². The molecule has 0 aliphatic heterocycles. The summed E-state index contributed by atoms with van der Waals surface area (Å²) in [6.07, 6.45) is 7.57. The molecule has 0 aromatic heterocycles. The SMILES string of the molecule is Cc1ccc(S(=O)(=O)NCC[C@H](c2ccccc2)C2C=CCC2)cc1. The lowest BCUT2D eigenvalue weighted by Crippen LogP contribution is -2.27. The van der Waals surface area contributed by atoms with Crippen molar-refractivity contribution in [2.75, 3.05) is 6.54 Å². The van der Waals surface area contributed by atoms with Crippen molar-refractivity contribution >= 4 is 10.0 Å². The summed E-state index contributed by atoms with van der Waals surface area (Å²) < 4.78 is 27.7. The van der Waals surface area contributed by atoms with Gasteiger partial charge in [-0.1, -0.05) is 60.2 Å². The largest absolute Gasteiger partial charge is 0.240 e. The molecule has 0 spiro atoms. The third kappa shape index (κ3) is 4.59. The molecule has 0 radical (unpaired) electrons. The Balaban J connectivity index is 1.67. The molecule has 2 atom stereocenters. The van der Waals surface area contributed by atoms with Crippen molar-refractivity contribution in [3.8, 4) is 0 Å². The predicted molar refractivity (Wildman–Crippen MR) is 102 cm³/mol. The van der Waals surface area contributed by atoms with Gasteiger partial charge in [-0.15, -0.1) is 0 Å². The van der Waals surface area contributed by atoms with Crippen LogP contribution in [0.4, 0.5) is 0 Å². The molecule has 1 unspecified atom stereocenters. The standard InChI is InChI=1S/C21H25NO2S/c1-17-11-13-20(14-12-17)25(23,24)22-16-15-21(19-9-5-6-10-19)18-7-3-2-4-8-18/h2-5,7-9,11-14,19,21-22H,6,10,15-16H2,1H3/t19?,21-/m1/s1. The van der Waals surface area contributed by atoms with E-state index in [2.05, 4.69) is 41.1 Å². The van der Waals surface area contributed by atoms with Crippen molar-refractivity contribution in [1.29, 1.82) is 0 Å². The van der Waals surface area contributed by atoms with Crippen LogP contribution in [-0.4, -0.2) is 15.0 Å². The first-order valence-electron chi connectivity index (χ1n) is 8.84. The summed E-state index contributed by atoms with van der Waals surface area (Å²) in [5.41, 5.74) is 2.34. The average Bonchev–Trinajstić information content (AvgIpc) is 3.14. The summed E-state index contributed by atoms with van der Waals surface area (Å²) >= 11 is 0. The van der Waals surface area contributed by atoms with Crippen molar-refractivity contribution in [1.82, 2.24) is 4.72 Å². The van der Waals surface area contributed by atoms with Crippen LogP contribution >= 0.6 is 0 Å². The minimum atomic E-state index is -3.45. The Morgan fingerprint density at radius 3 is 2.44 bits per heavy atom. The second-order valence-corrected chi connectivity index (χ2v) is 8.45. The van der Waals surface area contributed by atoms with Gasteiger partial charge in [0.1, 0.15) is 0 Å². The van der Waals surface area contributed by atoms with Gasteiger partial charge in [-0.3, -0.25) is 0 Å². The molecule has 2 aromatic carbocycles. The minimum Gasteiger partial charge on any atom is -0.211 e. The van der Waals surface area contributed by atoms with Crippen LogP contribution in [0.15, 0.2) is 71.6 Å². The van der Waals surface area contributed by atoms with Gasteiger partial charge in [0.2, 0.25) is 10.0 Å². The molecule has 0 saturated carbocycles. The molecule has 4 heteroatoms. The predicted octanol–water partition coefficient (Wildman–Crippen LogP) is 4.41. The lowest BCUT2D eigenvalue weighted by atomic mass is 9.83. The molecular weight excluding hydrogens is 330 g/mol. The first-order valence-corrected chi connectivity index (χ1v) is 10.3. The maximum absolute atomic E-state index is 12.5. The van der Waals surface area contributed by atoms with Crippen LogP contribution in [0.25, 0.3) is 0 Å². The van der Waals surface area contributed by atoms with E-state index in [9.17, 15) is 8.42 Å². The van der Waals surface area contributed by atoms with Crippen molar-refractivity contribution in [3.05, 3.63) is 77.9 Å². The molecule has 1 aliphatic carbocycles. The highest BCUT2D eigenvalue weighted by Gasteiger charge is 2.23. The highest BCUT2D eigenvalue weighted by molar-refractivity contribution is 7.89. The van der Waals surface area contributed by atoms with Gasteiger partial charge in [0.25, 0.3) is 0 Å². The summed E-state index contributed by atoms with van der Waals surface area (Å²) in [6, 6.07) is 17.4. The van der Waals surface area contributed by atoms with E-state index in [0.717, 1.165) is 24.8 Å². The van der Waals surface area contributed by atoms with E-state index < -0.39 is 10.0 Å². The van der Waals surface area contributed by atoms with Crippen molar-refractivity contribution in [3.63, 3.8) is 0 Å². The number of sulfonamides is 1. The number of hydrogen-bond acceptors (Lipinski definition) is 2. The molecule has 0 heterocycles. The van der Waals surface area contributed by atoms with E-state index in [4.69, 9.17) is 0 Å². The molecule has 25 heavy (non-hydrogen) atoms. The van der Waals surface area contributed by atoms with E-state index in [1.807, 2.05) is 25.1 Å². The molecule has 0 bridgehead atoms. The normalized spacial score (nSPS) is 18.4. The Labute approximate surface area is 150 Å². The lowest BCUT2D eigenvalue weighted by molar-refractivity contribution is 0.466. The van der Waals surface area contributed by atoms with E-state index in [1.54, 1.807) is 12.1 Å². The molecule has 0 saturated heterocycles. The van der Waals surface area contributed by atoms with Crippen molar-refractivity contribution < 1.29 is 8.42 Å². The van der Waals surface area contributed by atoms with Crippen LogP contribution in [0, 0.1) is 12.8 Å². The van der Waals surface area contributed by atoms with Gasteiger partial charge >= 0.3 is 0 Å². The second-order valence-electron chi connectivity index (χ2n) is 6.69. The molecule has 132 valence electrons. The van der Waals surface area contributed by atoms with Crippen LogP contribution in [-0.2, 0) is 10.0 Å². The molecular formula is C21H25NO2S. The fraction of sp³-hybridized carbons (Fsp3) is 0.333. The highest BCUT2D eigenvalue weighted by Crippen LogP contribution is 2.35. The number of hydrogen-bond donors (Lipinski definition) is 1. The zero-order valence-electron chi connectivity index (χ0n) is 14.6. The monoisotopic (exact) mass is 355 g/mol. The van der Waals surface area contributed by atoms with Crippen LogP contribution in [0.1, 0.15) is 36.3 Å². The van der Waals surface area contributed by atoms with E-state index in [0.29, 0.717) is 23.3 Å². The van der Waals surface area contributed by atoms with Crippen molar-refractivity contribution in [2.24, 2.45) is 5.92 Å². The van der Waals surface area contributed by atoms with Gasteiger partial charge in [-0.2, -0.15) is 0 Å². The molecule has 0 amide bonds. The number of benzene rings is 2. The highest BCUT2D eigenvalue weighted by atomic mass is 32.2. The van der Waals surface area contributed by atoms with Gasteiger partial charge in [0, 0.05) is 6.54 Å². The maximum Gasteiger partial charge on any atom is 0.240 e. The topological polar surface area (TPSA) is 46.2 Å². The summed E-state index contributed by atoms with van der Waals surface area (Å²) in [6.45, 7) is 2.39. The summed E-state index contributed by atoms with van der Waals surface area (Å²) in [4.78, 5) is 0.329. The third-order valence-electron chi connectivity index (χ3n) is 4.87. The smallest absolute Gasteiger partial charge is 0.211 e. The minimum absolute atomic E-state index is 0.329. The summed E-state index contributed by atoms with van der Waals surface area (Å²) in [5.74, 6) is 0.840. The molecule has 0 fully saturated rings. The fourth-order valence-electron chi connectivity index (χ4n) is 3.47. The van der Waals surface area contributed by atoms with E-state index >= 15 is 0 Å². The Bertz CT molecular complexity index is 811. The number of nitrogens with one attached hydrogen (secondary N) is 1. The van der Waals surface area contributed by atoms with Crippen molar-refractivity contribution in [2.45, 2.75) is 37.0 Å². The zero-order chi connectivity index (χ0) is 17.7. The first-order chi connectivity index (χ1) is 12.1. The van der Waals surface area contributed by atoms with Crippen LogP contribution < -0.4 is 4.72 Å². The molecule has 1 N–H and O–H groups in total. The summed E-state index contributed by atoms with van der Waals surface area (Å²) in [5, 5.41) is 0. The maximum atomic E-state index is 12.5. The van der Waals surface area contributed by atoms with Gasteiger partial charge in [-0.25, -0.2) is 13.1 Å². The lowest BCUT2D eigenvalue weighted by Gasteiger charge is -2.23. The molecule has 3 nitrogen and oxygen atoms in total. The number of aryl methyl sites for hydroxylation is 1. The molecule has 1 aliphatic rings. The Morgan fingerprint density at radius 2 is 1.80 bits per heavy atom. The third-order valence-corrected chi connectivity index (χ3v) is 6.35. The van der Waals surface area contributed by atoms with E-state index in [1.165, 1.54) is 5.56 Å². The molecule has 2 aromatic rings. The average molecular weight is 356 g/mol. The zero-order valence-corrected chi connectivity index (χ0v) is 15.4. The van der Waals surface area contributed by atoms with Crippen LogP contribution in [0.2, 0.25) is 0 Å². The Hall–Kier alpha value is -1.91.